The van der Waals surface area contributed by atoms with E-state index in [4.69, 9.17) is 9.47 Å². The molecule has 1 aromatic carbocycles. The van der Waals surface area contributed by atoms with E-state index in [-0.39, 0.29) is 0 Å². The van der Waals surface area contributed by atoms with Crippen LogP contribution in [0.5, 0.6) is 11.5 Å². The summed E-state index contributed by atoms with van der Waals surface area (Å²) < 4.78 is 10.7. The van der Waals surface area contributed by atoms with Crippen molar-refractivity contribution in [1.29, 1.82) is 0 Å². The molecule has 0 bridgehead atoms. The molecule has 4 heteroatoms. The van der Waals surface area contributed by atoms with Gasteiger partial charge in [-0.05, 0) is 18.6 Å². The molecular weight excluding hydrogens is 216 g/mol. The van der Waals surface area contributed by atoms with Crippen molar-refractivity contribution in [3.8, 4) is 11.5 Å². The van der Waals surface area contributed by atoms with Crippen molar-refractivity contribution in [1.82, 2.24) is 10.6 Å². The Kier molecular flexibility index (Phi) is 3.86. The Morgan fingerprint density at radius 3 is 2.59 bits per heavy atom. The SMILES string of the molecule is COc1cc(C)c(C2CNCCN2)c(OC)c1. The summed E-state index contributed by atoms with van der Waals surface area (Å²) in [5.74, 6) is 1.73. The molecule has 0 radical (unpaired) electrons. The van der Waals surface area contributed by atoms with Gasteiger partial charge in [-0.3, -0.25) is 0 Å². The first kappa shape index (κ1) is 12.2. The molecule has 1 fully saturated rings. The topological polar surface area (TPSA) is 42.5 Å². The molecule has 1 aliphatic rings. The molecule has 0 aromatic heterocycles. The van der Waals surface area contributed by atoms with Gasteiger partial charge in [0.25, 0.3) is 0 Å². The lowest BCUT2D eigenvalue weighted by atomic mass is 9.98. The van der Waals surface area contributed by atoms with Crippen LogP contribution in [0, 0.1) is 6.92 Å². The fraction of sp³-hybridized carbons (Fsp3) is 0.538. The highest BCUT2D eigenvalue weighted by atomic mass is 16.5. The van der Waals surface area contributed by atoms with E-state index in [1.807, 2.05) is 12.1 Å². The van der Waals surface area contributed by atoms with E-state index in [0.717, 1.165) is 31.1 Å². The van der Waals surface area contributed by atoms with Crippen molar-refractivity contribution in [3.05, 3.63) is 23.3 Å². The van der Waals surface area contributed by atoms with Gasteiger partial charge in [0, 0.05) is 37.3 Å². The molecule has 1 unspecified atom stereocenters. The van der Waals surface area contributed by atoms with Crippen LogP contribution in [0.25, 0.3) is 0 Å². The first-order chi connectivity index (χ1) is 8.26. The van der Waals surface area contributed by atoms with Gasteiger partial charge < -0.3 is 20.1 Å². The largest absolute Gasteiger partial charge is 0.497 e. The maximum atomic E-state index is 5.47. The normalized spacial score (nSPS) is 20.1. The Labute approximate surface area is 102 Å². The van der Waals surface area contributed by atoms with Gasteiger partial charge in [0.05, 0.1) is 14.2 Å². The highest BCUT2D eigenvalue weighted by Crippen LogP contribution is 2.33. The van der Waals surface area contributed by atoms with Crippen LogP contribution < -0.4 is 20.1 Å². The molecule has 0 spiro atoms. The van der Waals surface area contributed by atoms with E-state index >= 15 is 0 Å². The third kappa shape index (κ3) is 2.53. The quantitative estimate of drug-likeness (QED) is 0.829. The van der Waals surface area contributed by atoms with Gasteiger partial charge in [-0.1, -0.05) is 0 Å². The summed E-state index contributed by atoms with van der Waals surface area (Å²) in [4.78, 5) is 0. The molecular formula is C13H20N2O2. The number of piperazine rings is 1. The average Bonchev–Trinajstić information content (AvgIpc) is 2.38. The van der Waals surface area contributed by atoms with E-state index in [1.165, 1.54) is 11.1 Å². The highest BCUT2D eigenvalue weighted by molar-refractivity contribution is 5.48. The number of rotatable bonds is 3. The van der Waals surface area contributed by atoms with Gasteiger partial charge >= 0.3 is 0 Å². The molecule has 1 saturated heterocycles. The molecule has 1 aliphatic heterocycles. The number of benzene rings is 1. The maximum Gasteiger partial charge on any atom is 0.127 e. The number of aryl methyl sites for hydroxylation is 1. The highest BCUT2D eigenvalue weighted by Gasteiger charge is 2.21. The van der Waals surface area contributed by atoms with E-state index in [9.17, 15) is 0 Å². The molecule has 0 saturated carbocycles. The molecule has 2 N–H and O–H groups in total. The number of hydrogen-bond acceptors (Lipinski definition) is 4. The van der Waals surface area contributed by atoms with Crippen molar-refractivity contribution in [2.75, 3.05) is 33.9 Å². The van der Waals surface area contributed by atoms with Crippen LogP contribution in [0.15, 0.2) is 12.1 Å². The van der Waals surface area contributed by atoms with Gasteiger partial charge in [0.2, 0.25) is 0 Å². The van der Waals surface area contributed by atoms with E-state index < -0.39 is 0 Å². The molecule has 2 rings (SSSR count). The second kappa shape index (κ2) is 5.38. The van der Waals surface area contributed by atoms with Gasteiger partial charge in [-0.15, -0.1) is 0 Å². The summed E-state index contributed by atoms with van der Waals surface area (Å²) in [5, 5.41) is 6.90. The molecule has 4 nitrogen and oxygen atoms in total. The van der Waals surface area contributed by atoms with E-state index in [0.29, 0.717) is 6.04 Å². The van der Waals surface area contributed by atoms with Crippen molar-refractivity contribution in [2.45, 2.75) is 13.0 Å². The van der Waals surface area contributed by atoms with Crippen LogP contribution >= 0.6 is 0 Å². The Balaban J connectivity index is 2.36. The Hall–Kier alpha value is -1.26. The zero-order valence-electron chi connectivity index (χ0n) is 10.7. The van der Waals surface area contributed by atoms with Gasteiger partial charge in [0.15, 0.2) is 0 Å². The monoisotopic (exact) mass is 236 g/mol. The lowest BCUT2D eigenvalue weighted by Gasteiger charge is -2.27. The summed E-state index contributed by atoms with van der Waals surface area (Å²) >= 11 is 0. The predicted octanol–water partition coefficient (Wildman–Crippen LogP) is 1.25. The Morgan fingerprint density at radius 2 is 2.00 bits per heavy atom. The zero-order valence-corrected chi connectivity index (χ0v) is 10.7. The number of methoxy groups -OCH3 is 2. The van der Waals surface area contributed by atoms with E-state index in [1.54, 1.807) is 14.2 Å². The van der Waals surface area contributed by atoms with Crippen molar-refractivity contribution in [2.24, 2.45) is 0 Å². The maximum absolute atomic E-state index is 5.47. The molecule has 0 aliphatic carbocycles. The second-order valence-corrected chi connectivity index (χ2v) is 4.27. The minimum Gasteiger partial charge on any atom is -0.497 e. The third-order valence-electron chi connectivity index (χ3n) is 3.17. The summed E-state index contributed by atoms with van der Waals surface area (Å²) in [6.45, 7) is 5.04. The molecule has 17 heavy (non-hydrogen) atoms. The van der Waals surface area contributed by atoms with Crippen LogP contribution in [-0.4, -0.2) is 33.9 Å². The minimum atomic E-state index is 0.310. The van der Waals surface area contributed by atoms with Crippen LogP contribution in [0.3, 0.4) is 0 Å². The van der Waals surface area contributed by atoms with Crippen molar-refractivity contribution in [3.63, 3.8) is 0 Å². The molecule has 1 atom stereocenters. The Bertz CT molecular complexity index is 387. The predicted molar refractivity (Wildman–Crippen MR) is 67.9 cm³/mol. The minimum absolute atomic E-state index is 0.310. The van der Waals surface area contributed by atoms with Gasteiger partial charge in [0.1, 0.15) is 11.5 Å². The lowest BCUT2D eigenvalue weighted by molar-refractivity contribution is 0.371. The number of ether oxygens (including phenoxy) is 2. The van der Waals surface area contributed by atoms with Crippen LogP contribution in [0.2, 0.25) is 0 Å². The van der Waals surface area contributed by atoms with Gasteiger partial charge in [-0.25, -0.2) is 0 Å². The summed E-state index contributed by atoms with van der Waals surface area (Å²) in [6.07, 6.45) is 0. The van der Waals surface area contributed by atoms with Crippen molar-refractivity contribution < 1.29 is 9.47 Å². The summed E-state index contributed by atoms with van der Waals surface area (Å²) in [6, 6.07) is 4.30. The number of hydrogen-bond donors (Lipinski definition) is 2. The molecule has 1 aromatic rings. The third-order valence-corrected chi connectivity index (χ3v) is 3.17. The van der Waals surface area contributed by atoms with Gasteiger partial charge in [-0.2, -0.15) is 0 Å². The Morgan fingerprint density at radius 1 is 1.18 bits per heavy atom. The smallest absolute Gasteiger partial charge is 0.127 e. The van der Waals surface area contributed by atoms with Crippen LogP contribution in [-0.2, 0) is 0 Å². The fourth-order valence-corrected chi connectivity index (χ4v) is 2.32. The molecule has 94 valence electrons. The van der Waals surface area contributed by atoms with Crippen LogP contribution in [0.4, 0.5) is 0 Å². The molecule has 0 amide bonds. The van der Waals surface area contributed by atoms with E-state index in [2.05, 4.69) is 17.6 Å². The summed E-state index contributed by atoms with van der Waals surface area (Å²) in [7, 11) is 3.38. The second-order valence-electron chi connectivity index (χ2n) is 4.27. The fourth-order valence-electron chi connectivity index (χ4n) is 2.32. The van der Waals surface area contributed by atoms with Crippen molar-refractivity contribution >= 4 is 0 Å². The van der Waals surface area contributed by atoms with Crippen LogP contribution in [0.1, 0.15) is 17.2 Å². The standard InChI is InChI=1S/C13H20N2O2/c1-9-6-10(16-2)7-12(17-3)13(9)11-8-14-4-5-15-11/h6-7,11,14-15H,4-5,8H2,1-3H3. The lowest BCUT2D eigenvalue weighted by Crippen LogP contribution is -2.43. The zero-order chi connectivity index (χ0) is 12.3. The first-order valence-corrected chi connectivity index (χ1v) is 5.93. The number of nitrogens with one attached hydrogen (secondary N) is 2. The summed E-state index contributed by atoms with van der Waals surface area (Å²) in [5.41, 5.74) is 2.42. The first-order valence-electron chi connectivity index (χ1n) is 5.93. The average molecular weight is 236 g/mol. The molecule has 1 heterocycles.